The molecule has 0 spiro atoms. The van der Waals surface area contributed by atoms with Crippen LogP contribution in [-0.2, 0) is 0 Å². The SMILES string of the molecule is CCN1CCC(CNc2ncccc2N)CC1. The number of rotatable bonds is 4. The Morgan fingerprint density at radius 2 is 2.24 bits per heavy atom. The Hall–Kier alpha value is -1.29. The summed E-state index contributed by atoms with van der Waals surface area (Å²) in [7, 11) is 0. The van der Waals surface area contributed by atoms with Crippen LogP contribution in [0.25, 0.3) is 0 Å². The van der Waals surface area contributed by atoms with Gasteiger partial charge in [-0.1, -0.05) is 6.92 Å². The fourth-order valence-corrected chi connectivity index (χ4v) is 2.31. The second-order valence-corrected chi connectivity index (χ2v) is 4.70. The summed E-state index contributed by atoms with van der Waals surface area (Å²) in [5.74, 6) is 1.57. The van der Waals surface area contributed by atoms with Crippen molar-refractivity contribution in [1.29, 1.82) is 0 Å². The zero-order chi connectivity index (χ0) is 12.1. The van der Waals surface area contributed by atoms with Crippen LogP contribution in [0.2, 0.25) is 0 Å². The molecule has 3 N–H and O–H groups in total. The van der Waals surface area contributed by atoms with Gasteiger partial charge in [0.05, 0.1) is 5.69 Å². The molecule has 1 aliphatic heterocycles. The lowest BCUT2D eigenvalue weighted by atomic mass is 9.97. The third-order valence-electron chi connectivity index (χ3n) is 3.55. The van der Waals surface area contributed by atoms with E-state index in [1.165, 1.54) is 32.5 Å². The van der Waals surface area contributed by atoms with E-state index in [2.05, 4.69) is 22.1 Å². The van der Waals surface area contributed by atoms with Crippen molar-refractivity contribution in [2.45, 2.75) is 19.8 Å². The van der Waals surface area contributed by atoms with E-state index < -0.39 is 0 Å². The molecule has 1 aromatic rings. The molecule has 0 saturated carbocycles. The van der Waals surface area contributed by atoms with Crippen LogP contribution in [-0.4, -0.2) is 36.1 Å². The van der Waals surface area contributed by atoms with Gasteiger partial charge in [0.15, 0.2) is 0 Å². The molecule has 17 heavy (non-hydrogen) atoms. The Labute approximate surface area is 103 Å². The summed E-state index contributed by atoms with van der Waals surface area (Å²) in [6.45, 7) is 6.83. The molecule has 0 aromatic carbocycles. The molecule has 1 saturated heterocycles. The summed E-state index contributed by atoms with van der Waals surface area (Å²) in [4.78, 5) is 6.75. The van der Waals surface area contributed by atoms with Crippen molar-refractivity contribution in [3.05, 3.63) is 18.3 Å². The number of nitrogens with two attached hydrogens (primary N) is 1. The number of likely N-dealkylation sites (tertiary alicyclic amines) is 1. The molecule has 1 fully saturated rings. The van der Waals surface area contributed by atoms with Crippen molar-refractivity contribution in [1.82, 2.24) is 9.88 Å². The number of anilines is 2. The van der Waals surface area contributed by atoms with Crippen molar-refractivity contribution < 1.29 is 0 Å². The predicted molar refractivity (Wildman–Crippen MR) is 72.0 cm³/mol. The minimum Gasteiger partial charge on any atom is -0.396 e. The van der Waals surface area contributed by atoms with Crippen LogP contribution in [0.3, 0.4) is 0 Å². The summed E-state index contributed by atoms with van der Waals surface area (Å²) >= 11 is 0. The Balaban J connectivity index is 1.78. The van der Waals surface area contributed by atoms with E-state index in [4.69, 9.17) is 5.73 Å². The van der Waals surface area contributed by atoms with E-state index in [-0.39, 0.29) is 0 Å². The second-order valence-electron chi connectivity index (χ2n) is 4.70. The number of aromatic nitrogens is 1. The van der Waals surface area contributed by atoms with Gasteiger partial charge in [0.1, 0.15) is 5.82 Å². The van der Waals surface area contributed by atoms with Gasteiger partial charge in [-0.2, -0.15) is 0 Å². The standard InChI is InChI=1S/C13H22N4/c1-2-17-8-5-11(6-9-17)10-16-13-12(14)4-3-7-15-13/h3-4,7,11H,2,5-6,8-10,14H2,1H3,(H,15,16). The van der Waals surface area contributed by atoms with Crippen molar-refractivity contribution in [2.24, 2.45) is 5.92 Å². The molecule has 1 aromatic heterocycles. The first-order valence-electron chi connectivity index (χ1n) is 6.46. The fraction of sp³-hybridized carbons (Fsp3) is 0.615. The molecule has 4 nitrogen and oxygen atoms in total. The predicted octanol–water partition coefficient (Wildman–Crippen LogP) is 1.81. The highest BCUT2D eigenvalue weighted by molar-refractivity contribution is 5.60. The van der Waals surface area contributed by atoms with Gasteiger partial charge in [-0.25, -0.2) is 4.98 Å². The van der Waals surface area contributed by atoms with Gasteiger partial charge in [0, 0.05) is 12.7 Å². The first-order chi connectivity index (χ1) is 8.29. The Kier molecular flexibility index (Phi) is 4.20. The van der Waals surface area contributed by atoms with Gasteiger partial charge >= 0.3 is 0 Å². The highest BCUT2D eigenvalue weighted by Gasteiger charge is 2.17. The van der Waals surface area contributed by atoms with Crippen molar-refractivity contribution in [3.63, 3.8) is 0 Å². The van der Waals surface area contributed by atoms with Gasteiger partial charge in [0.2, 0.25) is 0 Å². The molecule has 0 unspecified atom stereocenters. The zero-order valence-corrected chi connectivity index (χ0v) is 10.5. The third-order valence-corrected chi connectivity index (χ3v) is 3.55. The Morgan fingerprint density at radius 3 is 2.88 bits per heavy atom. The molecule has 4 heteroatoms. The number of piperidine rings is 1. The lowest BCUT2D eigenvalue weighted by Crippen LogP contribution is -2.35. The second kappa shape index (κ2) is 5.87. The maximum Gasteiger partial charge on any atom is 0.149 e. The lowest BCUT2D eigenvalue weighted by molar-refractivity contribution is 0.198. The average molecular weight is 234 g/mol. The van der Waals surface area contributed by atoms with E-state index in [0.717, 1.165) is 24.0 Å². The number of pyridine rings is 1. The number of hydrogen-bond donors (Lipinski definition) is 2. The molecule has 2 rings (SSSR count). The summed E-state index contributed by atoms with van der Waals surface area (Å²) < 4.78 is 0. The topological polar surface area (TPSA) is 54.2 Å². The van der Waals surface area contributed by atoms with Crippen molar-refractivity contribution >= 4 is 11.5 Å². The number of nitrogen functional groups attached to an aromatic ring is 1. The molecular formula is C13H22N4. The zero-order valence-electron chi connectivity index (χ0n) is 10.5. The molecule has 2 heterocycles. The molecule has 0 radical (unpaired) electrons. The van der Waals surface area contributed by atoms with Gasteiger partial charge in [-0.05, 0) is 50.5 Å². The monoisotopic (exact) mass is 234 g/mol. The maximum atomic E-state index is 5.85. The molecule has 0 bridgehead atoms. The van der Waals surface area contributed by atoms with Crippen molar-refractivity contribution in [3.8, 4) is 0 Å². The summed E-state index contributed by atoms with van der Waals surface area (Å²) in [5, 5.41) is 3.36. The van der Waals surface area contributed by atoms with E-state index in [1.807, 2.05) is 12.1 Å². The summed E-state index contributed by atoms with van der Waals surface area (Å²) in [5.41, 5.74) is 6.58. The number of hydrogen-bond acceptors (Lipinski definition) is 4. The lowest BCUT2D eigenvalue weighted by Gasteiger charge is -2.31. The molecular weight excluding hydrogens is 212 g/mol. The summed E-state index contributed by atoms with van der Waals surface area (Å²) in [6, 6.07) is 3.75. The average Bonchev–Trinajstić information content (AvgIpc) is 2.38. The smallest absolute Gasteiger partial charge is 0.149 e. The molecule has 0 aliphatic carbocycles. The van der Waals surface area contributed by atoms with Crippen molar-refractivity contribution in [2.75, 3.05) is 37.2 Å². The highest BCUT2D eigenvalue weighted by Crippen LogP contribution is 2.19. The Bertz CT molecular complexity index is 345. The minimum absolute atomic E-state index is 0.735. The maximum absolute atomic E-state index is 5.85. The fourth-order valence-electron chi connectivity index (χ4n) is 2.31. The van der Waals surface area contributed by atoms with E-state index in [1.54, 1.807) is 6.20 Å². The molecule has 0 atom stereocenters. The van der Waals surface area contributed by atoms with Gasteiger partial charge in [0.25, 0.3) is 0 Å². The molecule has 0 amide bonds. The van der Waals surface area contributed by atoms with E-state index >= 15 is 0 Å². The van der Waals surface area contributed by atoms with Crippen LogP contribution < -0.4 is 11.1 Å². The third kappa shape index (κ3) is 3.33. The van der Waals surface area contributed by atoms with Crippen LogP contribution in [0.15, 0.2) is 18.3 Å². The largest absolute Gasteiger partial charge is 0.396 e. The van der Waals surface area contributed by atoms with Crippen LogP contribution in [0.5, 0.6) is 0 Å². The van der Waals surface area contributed by atoms with Gasteiger partial charge in [-0.3, -0.25) is 0 Å². The van der Waals surface area contributed by atoms with E-state index in [9.17, 15) is 0 Å². The molecule has 1 aliphatic rings. The van der Waals surface area contributed by atoms with Crippen LogP contribution in [0.1, 0.15) is 19.8 Å². The van der Waals surface area contributed by atoms with E-state index in [0.29, 0.717) is 0 Å². The normalized spacial score (nSPS) is 18.2. The Morgan fingerprint density at radius 1 is 1.47 bits per heavy atom. The van der Waals surface area contributed by atoms with Crippen LogP contribution >= 0.6 is 0 Å². The number of nitrogens with zero attached hydrogens (tertiary/aromatic N) is 2. The summed E-state index contributed by atoms with van der Waals surface area (Å²) in [6.07, 6.45) is 4.32. The molecule has 94 valence electrons. The van der Waals surface area contributed by atoms with Crippen LogP contribution in [0.4, 0.5) is 11.5 Å². The quantitative estimate of drug-likeness (QED) is 0.834. The van der Waals surface area contributed by atoms with Crippen LogP contribution in [0, 0.1) is 5.92 Å². The minimum atomic E-state index is 0.735. The number of nitrogens with one attached hydrogen (secondary N) is 1. The first-order valence-corrected chi connectivity index (χ1v) is 6.46. The highest BCUT2D eigenvalue weighted by atomic mass is 15.1. The first kappa shape index (κ1) is 12.2. The van der Waals surface area contributed by atoms with Gasteiger partial charge < -0.3 is 16.0 Å². The van der Waals surface area contributed by atoms with Gasteiger partial charge in [-0.15, -0.1) is 0 Å².